The van der Waals surface area contributed by atoms with Crippen molar-refractivity contribution in [3.05, 3.63) is 28.2 Å². The molecule has 0 aliphatic carbocycles. The first kappa shape index (κ1) is 14.1. The Labute approximate surface area is 112 Å². The number of hydrogen-bond donors (Lipinski definition) is 1. The topological polar surface area (TPSA) is 12.0 Å². The minimum atomic E-state index is 0.643. The van der Waals surface area contributed by atoms with Gasteiger partial charge in [-0.3, -0.25) is 0 Å². The van der Waals surface area contributed by atoms with E-state index in [2.05, 4.69) is 60.2 Å². The Hall–Kier alpha value is 0.01000. The van der Waals surface area contributed by atoms with Crippen LogP contribution in [-0.4, -0.2) is 12.3 Å². The molecule has 0 radical (unpaired) electrons. The third kappa shape index (κ3) is 4.11. The first-order valence-electron chi connectivity index (χ1n) is 5.64. The van der Waals surface area contributed by atoms with Crippen molar-refractivity contribution in [1.82, 2.24) is 5.32 Å². The fraction of sp³-hybridized carbons (Fsp3) is 0.538. The Balaban J connectivity index is 2.87. The van der Waals surface area contributed by atoms with Gasteiger partial charge in [-0.1, -0.05) is 42.8 Å². The molecule has 90 valence electrons. The second-order valence-corrected chi connectivity index (χ2v) is 6.68. The van der Waals surface area contributed by atoms with Crippen molar-refractivity contribution < 1.29 is 0 Å². The van der Waals surface area contributed by atoms with Gasteiger partial charge in [0.05, 0.1) is 0 Å². The van der Waals surface area contributed by atoms with Crippen molar-refractivity contribution in [2.45, 2.75) is 37.5 Å². The molecule has 16 heavy (non-hydrogen) atoms. The van der Waals surface area contributed by atoms with Crippen LogP contribution in [0, 0.1) is 5.92 Å². The second-order valence-electron chi connectivity index (χ2n) is 4.35. The monoisotopic (exact) mass is 301 g/mol. The molecule has 0 aliphatic heterocycles. The Kier molecular flexibility index (Phi) is 5.87. The lowest BCUT2D eigenvalue weighted by atomic mass is 10.2. The lowest BCUT2D eigenvalue weighted by molar-refractivity contribution is 0.642. The molecule has 1 nitrogen and oxygen atoms in total. The number of thioether (sulfide) groups is 1. The van der Waals surface area contributed by atoms with E-state index in [1.165, 1.54) is 10.5 Å². The molecule has 1 aromatic carbocycles. The maximum atomic E-state index is 3.54. The first-order chi connectivity index (χ1) is 7.54. The van der Waals surface area contributed by atoms with Crippen LogP contribution in [0.25, 0.3) is 0 Å². The van der Waals surface area contributed by atoms with E-state index in [1.54, 1.807) is 0 Å². The Morgan fingerprint density at radius 3 is 2.56 bits per heavy atom. The van der Waals surface area contributed by atoms with Crippen LogP contribution in [0.1, 0.15) is 26.3 Å². The Morgan fingerprint density at radius 2 is 2.00 bits per heavy atom. The normalized spacial score (nSPS) is 13.1. The summed E-state index contributed by atoms with van der Waals surface area (Å²) < 4.78 is 1.16. The predicted molar refractivity (Wildman–Crippen MR) is 77.1 cm³/mol. The molecule has 0 fully saturated rings. The fourth-order valence-electron chi connectivity index (χ4n) is 1.31. The van der Waals surface area contributed by atoms with Crippen molar-refractivity contribution in [2.75, 3.05) is 7.05 Å². The predicted octanol–water partition coefficient (Wildman–Crippen LogP) is 4.31. The molecule has 0 bridgehead atoms. The highest BCUT2D eigenvalue weighted by molar-refractivity contribution is 9.10. The maximum Gasteiger partial charge on any atom is 0.0213 e. The lowest BCUT2D eigenvalue weighted by Crippen LogP contribution is -2.09. The summed E-state index contributed by atoms with van der Waals surface area (Å²) in [6.07, 6.45) is 0. The van der Waals surface area contributed by atoms with Gasteiger partial charge in [-0.2, -0.15) is 0 Å². The molecule has 3 heteroatoms. The number of rotatable bonds is 5. The van der Waals surface area contributed by atoms with Crippen LogP contribution in [0.5, 0.6) is 0 Å². The fourth-order valence-corrected chi connectivity index (χ4v) is 2.98. The molecule has 0 saturated carbocycles. The van der Waals surface area contributed by atoms with Gasteiger partial charge in [0.2, 0.25) is 0 Å². The van der Waals surface area contributed by atoms with Gasteiger partial charge in [-0.05, 0) is 30.7 Å². The first-order valence-corrected chi connectivity index (χ1v) is 7.31. The largest absolute Gasteiger partial charge is 0.316 e. The van der Waals surface area contributed by atoms with Crippen LogP contribution < -0.4 is 5.32 Å². The second kappa shape index (κ2) is 6.67. The highest BCUT2D eigenvalue weighted by atomic mass is 79.9. The molecule has 0 heterocycles. The van der Waals surface area contributed by atoms with E-state index in [1.807, 2.05) is 18.8 Å². The minimum absolute atomic E-state index is 0.643. The molecule has 1 unspecified atom stereocenters. The number of hydrogen-bond acceptors (Lipinski definition) is 2. The summed E-state index contributed by atoms with van der Waals surface area (Å²) in [5.74, 6) is 0.700. The van der Waals surface area contributed by atoms with Crippen LogP contribution in [0.2, 0.25) is 0 Å². The summed E-state index contributed by atoms with van der Waals surface area (Å²) in [6.45, 7) is 7.76. The van der Waals surface area contributed by atoms with Crippen molar-refractivity contribution in [2.24, 2.45) is 5.92 Å². The van der Waals surface area contributed by atoms with Crippen LogP contribution in [0.15, 0.2) is 27.6 Å². The molecule has 1 rings (SSSR count). The van der Waals surface area contributed by atoms with Gasteiger partial charge < -0.3 is 5.32 Å². The van der Waals surface area contributed by atoms with Crippen LogP contribution >= 0.6 is 27.7 Å². The van der Waals surface area contributed by atoms with Gasteiger partial charge in [-0.25, -0.2) is 0 Å². The third-order valence-electron chi connectivity index (χ3n) is 2.65. The number of halogens is 1. The average molecular weight is 302 g/mol. The minimum Gasteiger partial charge on any atom is -0.316 e. The third-order valence-corrected chi connectivity index (χ3v) is 4.69. The summed E-state index contributed by atoms with van der Waals surface area (Å²) in [4.78, 5) is 1.38. The van der Waals surface area contributed by atoms with Gasteiger partial charge >= 0.3 is 0 Å². The Bertz CT molecular complexity index is 339. The zero-order valence-corrected chi connectivity index (χ0v) is 12.8. The van der Waals surface area contributed by atoms with Crippen molar-refractivity contribution in [3.8, 4) is 0 Å². The molecule has 0 amide bonds. The van der Waals surface area contributed by atoms with Gasteiger partial charge in [0.1, 0.15) is 0 Å². The van der Waals surface area contributed by atoms with Crippen LogP contribution in [0.4, 0.5) is 0 Å². The van der Waals surface area contributed by atoms with Crippen molar-refractivity contribution in [1.29, 1.82) is 0 Å². The summed E-state index contributed by atoms with van der Waals surface area (Å²) >= 11 is 5.50. The van der Waals surface area contributed by atoms with Crippen molar-refractivity contribution in [3.63, 3.8) is 0 Å². The van der Waals surface area contributed by atoms with Crippen LogP contribution in [0.3, 0.4) is 0 Å². The number of benzene rings is 1. The highest BCUT2D eigenvalue weighted by Gasteiger charge is 2.11. The molecule has 0 aliphatic rings. The van der Waals surface area contributed by atoms with Gasteiger partial charge in [0, 0.05) is 21.2 Å². The maximum absolute atomic E-state index is 3.54. The molecular weight excluding hydrogens is 282 g/mol. The SMILES string of the molecule is CNCc1ccc(Br)cc1SC(C)C(C)C. The molecule has 0 aromatic heterocycles. The summed E-state index contributed by atoms with van der Waals surface area (Å²) in [5.41, 5.74) is 1.38. The number of nitrogens with one attached hydrogen (secondary N) is 1. The van der Waals surface area contributed by atoms with Crippen LogP contribution in [-0.2, 0) is 6.54 Å². The van der Waals surface area contributed by atoms with Gasteiger partial charge in [-0.15, -0.1) is 11.8 Å². The standard InChI is InChI=1S/C13H20BrNS/c1-9(2)10(3)16-13-7-12(14)6-5-11(13)8-15-4/h5-7,9-10,15H,8H2,1-4H3. The van der Waals surface area contributed by atoms with E-state index >= 15 is 0 Å². The lowest BCUT2D eigenvalue weighted by Gasteiger charge is -2.17. The summed E-state index contributed by atoms with van der Waals surface area (Å²) in [7, 11) is 1.99. The molecule has 0 spiro atoms. The molecule has 1 atom stereocenters. The molecule has 1 N–H and O–H groups in total. The quantitative estimate of drug-likeness (QED) is 0.814. The summed E-state index contributed by atoms with van der Waals surface area (Å²) in [5, 5.41) is 3.86. The molecule has 0 saturated heterocycles. The average Bonchev–Trinajstić information content (AvgIpc) is 2.22. The van der Waals surface area contributed by atoms with E-state index in [0.717, 1.165) is 11.0 Å². The smallest absolute Gasteiger partial charge is 0.0213 e. The highest BCUT2D eigenvalue weighted by Crippen LogP contribution is 2.32. The Morgan fingerprint density at radius 1 is 1.31 bits per heavy atom. The molecular formula is C13H20BrNS. The van der Waals surface area contributed by atoms with Crippen molar-refractivity contribution >= 4 is 27.7 Å². The van der Waals surface area contributed by atoms with E-state index in [4.69, 9.17) is 0 Å². The zero-order valence-electron chi connectivity index (χ0n) is 10.4. The van der Waals surface area contributed by atoms with Gasteiger partial charge in [0.15, 0.2) is 0 Å². The van der Waals surface area contributed by atoms with E-state index in [0.29, 0.717) is 11.2 Å². The molecule has 1 aromatic rings. The van der Waals surface area contributed by atoms with E-state index in [9.17, 15) is 0 Å². The van der Waals surface area contributed by atoms with E-state index < -0.39 is 0 Å². The van der Waals surface area contributed by atoms with Gasteiger partial charge in [0.25, 0.3) is 0 Å². The zero-order chi connectivity index (χ0) is 12.1. The van der Waals surface area contributed by atoms with E-state index in [-0.39, 0.29) is 0 Å². The summed E-state index contributed by atoms with van der Waals surface area (Å²) in [6, 6.07) is 6.52.